The second kappa shape index (κ2) is 12.3. The van der Waals surface area contributed by atoms with Gasteiger partial charge in [0.2, 0.25) is 0 Å². The normalized spacial score (nSPS) is 11.3. The number of anilines is 1. The van der Waals surface area contributed by atoms with E-state index in [1.807, 2.05) is 41.1 Å². The van der Waals surface area contributed by atoms with E-state index in [1.165, 1.54) is 12.1 Å². The average Bonchev–Trinajstić information content (AvgIpc) is 2.86. The molecule has 3 rings (SSSR count). The van der Waals surface area contributed by atoms with Crippen LogP contribution in [-0.2, 0) is 31.1 Å². The van der Waals surface area contributed by atoms with Crippen molar-refractivity contribution in [3.63, 3.8) is 0 Å². The number of hydrogen-bond acceptors (Lipinski definition) is 8. The summed E-state index contributed by atoms with van der Waals surface area (Å²) in [5.41, 5.74) is -0.187. The third-order valence-electron chi connectivity index (χ3n) is 4.82. The average molecular weight is 543 g/mol. The molecule has 0 saturated heterocycles. The maximum atomic E-state index is 13.4. The minimum atomic E-state index is -4.67. The molecule has 202 valence electrons. The molecule has 0 unspecified atom stereocenters. The van der Waals surface area contributed by atoms with Crippen molar-refractivity contribution < 1.29 is 37.0 Å². The summed E-state index contributed by atoms with van der Waals surface area (Å²) in [6, 6.07) is 22.6. The Morgan fingerprint density at radius 2 is 1.53 bits per heavy atom. The van der Waals surface area contributed by atoms with Crippen LogP contribution >= 0.6 is 0 Å². The van der Waals surface area contributed by atoms with Gasteiger partial charge < -0.3 is 18.9 Å². The Morgan fingerprint density at radius 3 is 2.13 bits per heavy atom. The molecule has 0 saturated carbocycles. The van der Waals surface area contributed by atoms with E-state index in [0.29, 0.717) is 10.1 Å². The highest BCUT2D eigenvalue weighted by atomic mass is 32.2. The fraction of sp³-hybridized carbons (Fsp3) is 0.259. The van der Waals surface area contributed by atoms with Gasteiger partial charge >= 0.3 is 22.3 Å². The molecule has 0 aliphatic rings. The summed E-state index contributed by atoms with van der Waals surface area (Å²) < 4.78 is 50.9. The number of amides is 1. The maximum Gasteiger partial charge on any atom is 0.422 e. The predicted octanol–water partition coefficient (Wildman–Crippen LogP) is 4.81. The van der Waals surface area contributed by atoms with Crippen LogP contribution in [-0.4, -0.2) is 39.7 Å². The molecule has 1 amide bonds. The van der Waals surface area contributed by atoms with Gasteiger partial charge in [0.15, 0.2) is 0 Å². The van der Waals surface area contributed by atoms with Gasteiger partial charge in [0.1, 0.15) is 36.0 Å². The number of ether oxygens (including phenoxy) is 4. The van der Waals surface area contributed by atoms with E-state index in [9.17, 15) is 18.0 Å². The molecule has 11 heteroatoms. The molecule has 0 fully saturated rings. The SMILES string of the molecule is COC(=O)CN(c1cc(Oc2ccccc2)ccc1OCc1ccccc1)S(=O)(=O)NC(=O)OC(C)(C)C. The predicted molar refractivity (Wildman–Crippen MR) is 141 cm³/mol. The highest BCUT2D eigenvalue weighted by Gasteiger charge is 2.32. The maximum absolute atomic E-state index is 13.4. The quantitative estimate of drug-likeness (QED) is 0.363. The Hall–Kier alpha value is -4.25. The van der Waals surface area contributed by atoms with Gasteiger partial charge in [-0.25, -0.2) is 13.8 Å². The number of carbonyl (C=O) groups is 2. The van der Waals surface area contributed by atoms with E-state index in [4.69, 9.17) is 18.9 Å². The molecular weight excluding hydrogens is 512 g/mol. The van der Waals surface area contributed by atoms with Crippen molar-refractivity contribution in [1.82, 2.24) is 4.72 Å². The van der Waals surface area contributed by atoms with Gasteiger partial charge in [-0.2, -0.15) is 8.42 Å². The summed E-state index contributed by atoms with van der Waals surface area (Å²) >= 11 is 0. The van der Waals surface area contributed by atoms with E-state index in [0.717, 1.165) is 12.7 Å². The summed E-state index contributed by atoms with van der Waals surface area (Å²) in [6.07, 6.45) is -1.21. The highest BCUT2D eigenvalue weighted by molar-refractivity contribution is 7.91. The monoisotopic (exact) mass is 542 g/mol. The summed E-state index contributed by atoms with van der Waals surface area (Å²) in [4.78, 5) is 24.6. The van der Waals surface area contributed by atoms with Crippen molar-refractivity contribution in [2.24, 2.45) is 0 Å². The van der Waals surface area contributed by atoms with Crippen LogP contribution in [0.5, 0.6) is 17.2 Å². The first-order valence-corrected chi connectivity index (χ1v) is 13.0. The number of rotatable bonds is 10. The standard InChI is InChI=1S/C27H30N2O8S/c1-27(2,3)37-26(31)28-38(32,33)29(18-25(30)34-4)23-17-22(36-21-13-9-6-10-14-21)15-16-24(23)35-19-20-11-7-5-8-12-20/h5-17H,18-19H2,1-4H3,(H,28,31). The van der Waals surface area contributed by atoms with E-state index in [2.05, 4.69) is 0 Å². The first-order chi connectivity index (χ1) is 18.0. The molecule has 3 aromatic carbocycles. The minimum absolute atomic E-state index is 0.0594. The van der Waals surface area contributed by atoms with Crippen LogP contribution in [0.2, 0.25) is 0 Å². The second-order valence-electron chi connectivity index (χ2n) is 9.01. The van der Waals surface area contributed by atoms with E-state index < -0.39 is 34.4 Å². The van der Waals surface area contributed by atoms with E-state index in [-0.39, 0.29) is 23.8 Å². The lowest BCUT2D eigenvalue weighted by atomic mass is 10.2. The van der Waals surface area contributed by atoms with Gasteiger partial charge in [-0.1, -0.05) is 48.5 Å². The van der Waals surface area contributed by atoms with Gasteiger partial charge in [-0.05, 0) is 50.6 Å². The fourth-order valence-electron chi connectivity index (χ4n) is 3.18. The first-order valence-electron chi connectivity index (χ1n) is 11.6. The van der Waals surface area contributed by atoms with Crippen molar-refractivity contribution in [2.45, 2.75) is 33.0 Å². The zero-order valence-corrected chi connectivity index (χ0v) is 22.4. The number of methoxy groups -OCH3 is 1. The van der Waals surface area contributed by atoms with Crippen molar-refractivity contribution in [2.75, 3.05) is 18.0 Å². The van der Waals surface area contributed by atoms with Crippen LogP contribution in [0.1, 0.15) is 26.3 Å². The summed E-state index contributed by atoms with van der Waals surface area (Å²) in [5.74, 6) is 0.0157. The number of nitrogens with one attached hydrogen (secondary N) is 1. The van der Waals surface area contributed by atoms with Crippen LogP contribution < -0.4 is 18.5 Å². The minimum Gasteiger partial charge on any atom is -0.487 e. The van der Waals surface area contributed by atoms with Crippen molar-refractivity contribution in [3.05, 3.63) is 84.4 Å². The second-order valence-corrected chi connectivity index (χ2v) is 10.6. The molecule has 10 nitrogen and oxygen atoms in total. The van der Waals surface area contributed by atoms with Crippen LogP contribution in [0.15, 0.2) is 78.9 Å². The van der Waals surface area contributed by atoms with Gasteiger partial charge in [-0.15, -0.1) is 0 Å². The van der Waals surface area contributed by atoms with Crippen LogP contribution in [0, 0.1) is 0 Å². The lowest BCUT2D eigenvalue weighted by molar-refractivity contribution is -0.138. The zero-order chi connectivity index (χ0) is 27.8. The van der Waals surface area contributed by atoms with Gasteiger partial charge in [0.05, 0.1) is 12.8 Å². The largest absolute Gasteiger partial charge is 0.487 e. The molecule has 0 bridgehead atoms. The summed E-state index contributed by atoms with van der Waals surface area (Å²) in [6.45, 7) is 4.12. The Kier molecular flexibility index (Phi) is 9.19. The Labute approximate surface area is 222 Å². The molecule has 0 spiro atoms. The van der Waals surface area contributed by atoms with Crippen LogP contribution in [0.25, 0.3) is 0 Å². The highest BCUT2D eigenvalue weighted by Crippen LogP contribution is 2.36. The number of nitrogens with zero attached hydrogens (tertiary/aromatic N) is 1. The Balaban J connectivity index is 2.04. The van der Waals surface area contributed by atoms with Gasteiger partial charge in [0, 0.05) is 6.07 Å². The molecule has 38 heavy (non-hydrogen) atoms. The number of carbonyl (C=O) groups excluding carboxylic acids is 2. The number of hydrogen-bond donors (Lipinski definition) is 1. The van der Waals surface area contributed by atoms with Crippen molar-refractivity contribution in [3.8, 4) is 17.2 Å². The van der Waals surface area contributed by atoms with Crippen molar-refractivity contribution >= 4 is 28.0 Å². The smallest absolute Gasteiger partial charge is 0.422 e. The molecule has 0 aliphatic heterocycles. The molecule has 1 N–H and O–H groups in total. The number of para-hydroxylation sites is 1. The third-order valence-corrected chi connectivity index (χ3v) is 6.15. The Morgan fingerprint density at radius 1 is 0.895 bits per heavy atom. The van der Waals surface area contributed by atoms with Gasteiger partial charge in [0.25, 0.3) is 0 Å². The topological polar surface area (TPSA) is 120 Å². The lowest BCUT2D eigenvalue weighted by Crippen LogP contribution is -2.47. The molecule has 0 aromatic heterocycles. The van der Waals surface area contributed by atoms with Gasteiger partial charge in [-0.3, -0.25) is 4.79 Å². The summed E-state index contributed by atoms with van der Waals surface area (Å²) in [7, 11) is -3.55. The molecule has 0 atom stereocenters. The molecule has 3 aromatic rings. The Bertz CT molecular complexity index is 1340. The zero-order valence-electron chi connectivity index (χ0n) is 21.5. The van der Waals surface area contributed by atoms with Crippen LogP contribution in [0.4, 0.5) is 10.5 Å². The summed E-state index contributed by atoms with van der Waals surface area (Å²) in [5, 5.41) is 0. The van der Waals surface area contributed by atoms with E-state index >= 15 is 0 Å². The fourth-order valence-corrected chi connectivity index (χ4v) is 4.22. The number of esters is 1. The molecular formula is C27H30N2O8S. The van der Waals surface area contributed by atoms with Crippen molar-refractivity contribution in [1.29, 1.82) is 0 Å². The van der Waals surface area contributed by atoms with E-state index in [1.54, 1.807) is 51.1 Å². The first kappa shape index (κ1) is 28.3. The lowest BCUT2D eigenvalue weighted by Gasteiger charge is -2.27. The molecule has 0 heterocycles. The molecule has 0 radical (unpaired) electrons. The molecule has 0 aliphatic carbocycles. The third kappa shape index (κ3) is 8.41. The van der Waals surface area contributed by atoms with Crippen LogP contribution in [0.3, 0.4) is 0 Å². The number of benzene rings is 3.